The summed E-state index contributed by atoms with van der Waals surface area (Å²) in [6.45, 7) is 3.30. The van der Waals surface area contributed by atoms with Gasteiger partial charge in [0.15, 0.2) is 0 Å². The number of ether oxygens (including phenoxy) is 1. The number of hydrogen-bond acceptors (Lipinski definition) is 3. The molecule has 1 aliphatic rings. The second-order valence-corrected chi connectivity index (χ2v) is 2.70. The molecule has 1 unspecified atom stereocenters. The van der Waals surface area contributed by atoms with E-state index in [2.05, 4.69) is 6.58 Å². The van der Waals surface area contributed by atoms with E-state index >= 15 is 0 Å². The zero-order chi connectivity index (χ0) is 8.32. The molecule has 1 N–H and O–H groups in total. The van der Waals surface area contributed by atoms with Gasteiger partial charge in [-0.25, -0.2) is 0 Å². The lowest BCUT2D eigenvalue weighted by atomic mass is 9.93. The van der Waals surface area contributed by atoms with E-state index in [1.807, 2.05) is 0 Å². The Morgan fingerprint density at radius 2 is 2.36 bits per heavy atom. The number of hydrogen-bond donors (Lipinski definition) is 1. The van der Waals surface area contributed by atoms with Crippen molar-refractivity contribution in [3.05, 3.63) is 12.8 Å². The molecule has 1 atom stereocenters. The molecule has 1 aliphatic carbocycles. The maximum atomic E-state index is 11.1. The molecule has 0 aromatic rings. The molecule has 0 bridgehead atoms. The van der Waals surface area contributed by atoms with Crippen molar-refractivity contribution in [1.29, 1.82) is 0 Å². The summed E-state index contributed by atoms with van der Waals surface area (Å²) >= 11 is 0. The third kappa shape index (κ3) is 1.60. The molecule has 0 aliphatic heterocycles. The molecule has 0 heterocycles. The van der Waals surface area contributed by atoms with E-state index in [9.17, 15) is 9.90 Å². The van der Waals surface area contributed by atoms with Crippen molar-refractivity contribution in [3.8, 4) is 0 Å². The number of Topliss-reactive ketones (excluding diaryl/α,β-unsaturated/α-hetero) is 1. The number of rotatable bonds is 2. The molecule has 0 aromatic carbocycles. The zero-order valence-electron chi connectivity index (χ0n) is 6.38. The van der Waals surface area contributed by atoms with E-state index in [0.717, 1.165) is 19.1 Å². The summed E-state index contributed by atoms with van der Waals surface area (Å²) in [5.41, 5.74) is 0. The maximum Gasteiger partial charge on any atom is 0.267 e. The Balaban J connectivity index is 2.64. The fourth-order valence-electron chi connectivity index (χ4n) is 1.25. The van der Waals surface area contributed by atoms with Gasteiger partial charge in [0.2, 0.25) is 5.78 Å². The Hall–Kier alpha value is -0.830. The van der Waals surface area contributed by atoms with Gasteiger partial charge >= 0.3 is 0 Å². The van der Waals surface area contributed by atoms with Crippen molar-refractivity contribution in [2.24, 2.45) is 0 Å². The first-order valence-electron chi connectivity index (χ1n) is 3.73. The summed E-state index contributed by atoms with van der Waals surface area (Å²) in [5, 5.41) is 9.50. The summed E-state index contributed by atoms with van der Waals surface area (Å²) in [7, 11) is 0. The first-order chi connectivity index (χ1) is 5.19. The van der Waals surface area contributed by atoms with Gasteiger partial charge in [-0.3, -0.25) is 4.79 Å². The van der Waals surface area contributed by atoms with Gasteiger partial charge in [0.05, 0.1) is 6.26 Å². The topological polar surface area (TPSA) is 46.5 Å². The Kier molecular flexibility index (Phi) is 2.29. The van der Waals surface area contributed by atoms with Crippen LogP contribution in [0.4, 0.5) is 0 Å². The molecule has 0 radical (unpaired) electrons. The molecule has 11 heavy (non-hydrogen) atoms. The minimum atomic E-state index is -1.57. The van der Waals surface area contributed by atoms with Crippen LogP contribution in [0.2, 0.25) is 0 Å². The number of carbonyl (C=O) groups excluding carboxylic acids is 1. The lowest BCUT2D eigenvalue weighted by molar-refractivity contribution is -0.192. The highest BCUT2D eigenvalue weighted by Crippen LogP contribution is 2.25. The van der Waals surface area contributed by atoms with Crippen LogP contribution in [0.25, 0.3) is 0 Å². The van der Waals surface area contributed by atoms with Gasteiger partial charge in [0.1, 0.15) is 0 Å². The van der Waals surface area contributed by atoms with Gasteiger partial charge in [0.25, 0.3) is 5.79 Å². The lowest BCUT2D eigenvalue weighted by Gasteiger charge is -2.28. The van der Waals surface area contributed by atoms with Crippen LogP contribution in [0, 0.1) is 0 Å². The molecule has 1 saturated carbocycles. The third-order valence-electron chi connectivity index (χ3n) is 1.88. The minimum absolute atomic E-state index is 0.233. The lowest BCUT2D eigenvalue weighted by Crippen LogP contribution is -2.42. The monoisotopic (exact) mass is 156 g/mol. The van der Waals surface area contributed by atoms with Crippen LogP contribution < -0.4 is 0 Å². The zero-order valence-corrected chi connectivity index (χ0v) is 6.38. The van der Waals surface area contributed by atoms with Gasteiger partial charge in [0, 0.05) is 12.8 Å². The molecule has 1 fully saturated rings. The van der Waals surface area contributed by atoms with Gasteiger partial charge in [-0.1, -0.05) is 6.58 Å². The smallest absolute Gasteiger partial charge is 0.267 e. The van der Waals surface area contributed by atoms with Gasteiger partial charge < -0.3 is 9.84 Å². The predicted octanol–water partition coefficient (Wildman–Crippen LogP) is 0.978. The molecule has 0 aromatic heterocycles. The van der Waals surface area contributed by atoms with Crippen LogP contribution in [0.15, 0.2) is 12.8 Å². The van der Waals surface area contributed by atoms with Crippen LogP contribution in [0.1, 0.15) is 25.7 Å². The summed E-state index contributed by atoms with van der Waals surface area (Å²) in [6, 6.07) is 0. The molecule has 0 saturated heterocycles. The van der Waals surface area contributed by atoms with E-state index in [1.165, 1.54) is 0 Å². The second kappa shape index (κ2) is 3.05. The second-order valence-electron chi connectivity index (χ2n) is 2.70. The molecular formula is C8H12O3. The Bertz CT molecular complexity index is 176. The standard InChI is InChI=1S/C8H12O3/c1-2-11-8(10)6-4-3-5-7(8)9/h2,10H,1,3-6H2. The minimum Gasteiger partial charge on any atom is -0.463 e. The van der Waals surface area contributed by atoms with Crippen molar-refractivity contribution < 1.29 is 14.6 Å². The van der Waals surface area contributed by atoms with Crippen molar-refractivity contribution in [2.45, 2.75) is 31.5 Å². The Labute approximate surface area is 65.7 Å². The fourth-order valence-corrected chi connectivity index (χ4v) is 1.25. The Morgan fingerprint density at radius 3 is 2.91 bits per heavy atom. The largest absolute Gasteiger partial charge is 0.463 e. The average molecular weight is 156 g/mol. The van der Waals surface area contributed by atoms with Crippen LogP contribution >= 0.6 is 0 Å². The van der Waals surface area contributed by atoms with Gasteiger partial charge in [-0.15, -0.1) is 0 Å². The van der Waals surface area contributed by atoms with E-state index in [0.29, 0.717) is 12.8 Å². The van der Waals surface area contributed by atoms with Crippen molar-refractivity contribution in [2.75, 3.05) is 0 Å². The highest BCUT2D eigenvalue weighted by atomic mass is 16.6. The van der Waals surface area contributed by atoms with Gasteiger partial charge in [-0.05, 0) is 12.8 Å². The van der Waals surface area contributed by atoms with Crippen LogP contribution in [-0.4, -0.2) is 16.7 Å². The predicted molar refractivity (Wildman–Crippen MR) is 39.7 cm³/mol. The molecule has 0 spiro atoms. The van der Waals surface area contributed by atoms with Crippen molar-refractivity contribution >= 4 is 5.78 Å². The maximum absolute atomic E-state index is 11.1. The van der Waals surface area contributed by atoms with Crippen LogP contribution in [0.3, 0.4) is 0 Å². The third-order valence-corrected chi connectivity index (χ3v) is 1.88. The molecule has 3 nitrogen and oxygen atoms in total. The summed E-state index contributed by atoms with van der Waals surface area (Å²) in [5.74, 6) is -1.80. The van der Waals surface area contributed by atoms with E-state index in [1.54, 1.807) is 0 Å². The molecule has 0 amide bonds. The normalized spacial score (nSPS) is 31.5. The van der Waals surface area contributed by atoms with Crippen molar-refractivity contribution in [1.82, 2.24) is 0 Å². The molecule has 1 rings (SSSR count). The average Bonchev–Trinajstić information content (AvgIpc) is 1.96. The first kappa shape index (κ1) is 8.27. The Morgan fingerprint density at radius 1 is 1.64 bits per heavy atom. The molecule has 62 valence electrons. The SMILES string of the molecule is C=COC1(O)CCCCC1=O. The molecule has 3 heteroatoms. The van der Waals surface area contributed by atoms with E-state index in [4.69, 9.17) is 4.74 Å². The first-order valence-corrected chi connectivity index (χ1v) is 3.73. The fraction of sp³-hybridized carbons (Fsp3) is 0.625. The van der Waals surface area contributed by atoms with E-state index in [-0.39, 0.29) is 5.78 Å². The van der Waals surface area contributed by atoms with Crippen molar-refractivity contribution in [3.63, 3.8) is 0 Å². The summed E-state index contributed by atoms with van der Waals surface area (Å²) < 4.78 is 4.75. The number of carbonyl (C=O) groups is 1. The summed E-state index contributed by atoms with van der Waals surface area (Å²) in [6.07, 6.45) is 3.59. The number of ketones is 1. The molecular weight excluding hydrogens is 144 g/mol. The van der Waals surface area contributed by atoms with Crippen LogP contribution in [-0.2, 0) is 9.53 Å². The van der Waals surface area contributed by atoms with E-state index < -0.39 is 5.79 Å². The highest BCUT2D eigenvalue weighted by molar-refractivity contribution is 5.86. The summed E-state index contributed by atoms with van der Waals surface area (Å²) in [4.78, 5) is 11.1. The quantitative estimate of drug-likeness (QED) is 0.479. The van der Waals surface area contributed by atoms with Gasteiger partial charge in [-0.2, -0.15) is 0 Å². The highest BCUT2D eigenvalue weighted by Gasteiger charge is 2.38. The number of aliphatic hydroxyl groups is 1. The van der Waals surface area contributed by atoms with Crippen LogP contribution in [0.5, 0.6) is 0 Å².